The van der Waals surface area contributed by atoms with E-state index < -0.39 is 10.7 Å². The van der Waals surface area contributed by atoms with Gasteiger partial charge in [-0.2, -0.15) is 11.8 Å². The number of hydrogen-bond donors (Lipinski definition) is 1. The Balaban J connectivity index is 2.68. The van der Waals surface area contributed by atoms with E-state index in [-0.39, 0.29) is 5.69 Å². The summed E-state index contributed by atoms with van der Waals surface area (Å²) in [7, 11) is 0. The Hall–Kier alpha value is -1.14. The predicted molar refractivity (Wildman–Crippen MR) is 67.5 cm³/mol. The molecule has 0 aliphatic carbocycles. The van der Waals surface area contributed by atoms with Crippen molar-refractivity contribution in [3.63, 3.8) is 0 Å². The molecule has 0 aliphatic rings. The second-order valence-electron chi connectivity index (χ2n) is 3.77. The number of nitro benzene ring substituents is 1. The summed E-state index contributed by atoms with van der Waals surface area (Å²) in [6.45, 7) is 2.64. The van der Waals surface area contributed by atoms with Crippen molar-refractivity contribution in [2.24, 2.45) is 5.73 Å². The maximum absolute atomic E-state index is 13.1. The SMILES string of the molecule is CC(CCN)SCc1cc(F)cc([N+](=O)[O-])c1. The van der Waals surface area contributed by atoms with Crippen molar-refractivity contribution in [3.05, 3.63) is 39.7 Å². The Morgan fingerprint density at radius 1 is 1.53 bits per heavy atom. The Bertz CT molecular complexity index is 401. The van der Waals surface area contributed by atoms with Crippen molar-refractivity contribution in [3.8, 4) is 0 Å². The van der Waals surface area contributed by atoms with Crippen molar-refractivity contribution in [2.45, 2.75) is 24.3 Å². The standard InChI is InChI=1S/C11H15FN2O2S/c1-8(2-3-13)17-7-9-4-10(12)6-11(5-9)14(15)16/h4-6,8H,2-3,7,13H2,1H3. The maximum atomic E-state index is 13.1. The largest absolute Gasteiger partial charge is 0.330 e. The van der Waals surface area contributed by atoms with Gasteiger partial charge in [-0.1, -0.05) is 6.92 Å². The van der Waals surface area contributed by atoms with Gasteiger partial charge in [-0.15, -0.1) is 0 Å². The van der Waals surface area contributed by atoms with Crippen LogP contribution in [0.2, 0.25) is 0 Å². The number of hydrogen-bond acceptors (Lipinski definition) is 4. The first-order valence-electron chi connectivity index (χ1n) is 5.28. The summed E-state index contributed by atoms with van der Waals surface area (Å²) >= 11 is 1.61. The minimum absolute atomic E-state index is 0.202. The fraction of sp³-hybridized carbons (Fsp3) is 0.455. The van der Waals surface area contributed by atoms with Gasteiger partial charge < -0.3 is 5.73 Å². The summed E-state index contributed by atoms with van der Waals surface area (Å²) in [5.74, 6) is -0.0129. The van der Waals surface area contributed by atoms with Crippen LogP contribution in [0.4, 0.5) is 10.1 Å². The van der Waals surface area contributed by atoms with Gasteiger partial charge in [0.2, 0.25) is 0 Å². The van der Waals surface area contributed by atoms with Crippen LogP contribution in [0.25, 0.3) is 0 Å². The molecule has 0 fully saturated rings. The monoisotopic (exact) mass is 258 g/mol. The van der Waals surface area contributed by atoms with Gasteiger partial charge >= 0.3 is 0 Å². The van der Waals surface area contributed by atoms with E-state index in [9.17, 15) is 14.5 Å². The molecule has 0 aromatic heterocycles. The van der Waals surface area contributed by atoms with Crippen LogP contribution >= 0.6 is 11.8 Å². The van der Waals surface area contributed by atoms with Crippen molar-refractivity contribution in [1.82, 2.24) is 0 Å². The quantitative estimate of drug-likeness (QED) is 0.629. The average Bonchev–Trinajstić information content (AvgIpc) is 2.26. The molecule has 2 N–H and O–H groups in total. The molecule has 17 heavy (non-hydrogen) atoms. The van der Waals surface area contributed by atoms with E-state index in [4.69, 9.17) is 5.73 Å². The molecule has 0 heterocycles. The van der Waals surface area contributed by atoms with Gasteiger partial charge in [0.25, 0.3) is 5.69 Å². The van der Waals surface area contributed by atoms with Crippen LogP contribution < -0.4 is 5.73 Å². The highest BCUT2D eigenvalue weighted by atomic mass is 32.2. The van der Waals surface area contributed by atoms with E-state index in [1.165, 1.54) is 12.1 Å². The van der Waals surface area contributed by atoms with E-state index in [2.05, 4.69) is 0 Å². The molecule has 1 aromatic carbocycles. The summed E-state index contributed by atoms with van der Waals surface area (Å²) in [6, 6.07) is 3.66. The Kier molecular flexibility index (Phi) is 5.37. The molecule has 1 unspecified atom stereocenters. The van der Waals surface area contributed by atoms with Gasteiger partial charge in [0.15, 0.2) is 0 Å². The number of nitrogens with two attached hydrogens (primary N) is 1. The van der Waals surface area contributed by atoms with Crippen LogP contribution in [0.15, 0.2) is 18.2 Å². The first-order chi connectivity index (χ1) is 8.02. The number of rotatable bonds is 6. The molecule has 0 radical (unpaired) electrons. The van der Waals surface area contributed by atoms with Crippen molar-refractivity contribution < 1.29 is 9.31 Å². The van der Waals surface area contributed by atoms with Crippen LogP contribution in [-0.2, 0) is 5.75 Å². The lowest BCUT2D eigenvalue weighted by molar-refractivity contribution is -0.385. The molecular weight excluding hydrogens is 243 g/mol. The van der Waals surface area contributed by atoms with Gasteiger partial charge in [-0.05, 0) is 24.6 Å². The third-order valence-electron chi connectivity index (χ3n) is 2.26. The van der Waals surface area contributed by atoms with Gasteiger partial charge in [0, 0.05) is 17.1 Å². The second kappa shape index (κ2) is 6.56. The van der Waals surface area contributed by atoms with Crippen LogP contribution in [0.1, 0.15) is 18.9 Å². The Morgan fingerprint density at radius 2 is 2.24 bits per heavy atom. The van der Waals surface area contributed by atoms with E-state index in [0.29, 0.717) is 23.1 Å². The first kappa shape index (κ1) is 13.9. The third-order valence-corrected chi connectivity index (χ3v) is 3.57. The lowest BCUT2D eigenvalue weighted by atomic mass is 10.2. The summed E-state index contributed by atoms with van der Waals surface area (Å²) in [5.41, 5.74) is 5.85. The molecular formula is C11H15FN2O2S. The fourth-order valence-electron chi connectivity index (χ4n) is 1.38. The molecule has 6 heteroatoms. The zero-order valence-corrected chi connectivity index (χ0v) is 10.4. The van der Waals surface area contributed by atoms with Crippen LogP contribution in [0, 0.1) is 15.9 Å². The summed E-state index contributed by atoms with van der Waals surface area (Å²) in [4.78, 5) is 9.98. The van der Waals surface area contributed by atoms with Crippen LogP contribution in [-0.4, -0.2) is 16.7 Å². The molecule has 0 saturated heterocycles. The second-order valence-corrected chi connectivity index (χ2v) is 5.20. The molecule has 1 atom stereocenters. The molecule has 0 saturated carbocycles. The molecule has 94 valence electrons. The molecule has 0 amide bonds. The highest BCUT2D eigenvalue weighted by Gasteiger charge is 2.10. The normalized spacial score (nSPS) is 12.4. The minimum atomic E-state index is -0.583. The van der Waals surface area contributed by atoms with Gasteiger partial charge in [-0.3, -0.25) is 10.1 Å². The smallest absolute Gasteiger partial charge is 0.272 e. The molecule has 0 spiro atoms. The number of halogens is 1. The molecule has 0 bridgehead atoms. The van der Waals surface area contributed by atoms with E-state index in [1.54, 1.807) is 11.8 Å². The van der Waals surface area contributed by atoms with E-state index in [1.807, 2.05) is 6.92 Å². The average molecular weight is 258 g/mol. The maximum Gasteiger partial charge on any atom is 0.272 e. The van der Waals surface area contributed by atoms with E-state index in [0.717, 1.165) is 12.5 Å². The zero-order valence-electron chi connectivity index (χ0n) is 9.56. The van der Waals surface area contributed by atoms with Gasteiger partial charge in [-0.25, -0.2) is 4.39 Å². The zero-order chi connectivity index (χ0) is 12.8. The number of nitrogens with zero attached hydrogens (tertiary/aromatic N) is 1. The Labute approximate surface area is 104 Å². The highest BCUT2D eigenvalue weighted by molar-refractivity contribution is 7.99. The topological polar surface area (TPSA) is 69.2 Å². The van der Waals surface area contributed by atoms with Gasteiger partial charge in [0.05, 0.1) is 11.0 Å². The van der Waals surface area contributed by atoms with Crippen molar-refractivity contribution in [1.29, 1.82) is 0 Å². The van der Waals surface area contributed by atoms with E-state index >= 15 is 0 Å². The molecule has 1 aromatic rings. The predicted octanol–water partition coefficient (Wildman–Crippen LogP) is 2.70. The highest BCUT2D eigenvalue weighted by Crippen LogP contribution is 2.23. The number of thioether (sulfide) groups is 1. The lowest BCUT2D eigenvalue weighted by Crippen LogP contribution is -2.07. The molecule has 4 nitrogen and oxygen atoms in total. The van der Waals surface area contributed by atoms with Crippen molar-refractivity contribution in [2.75, 3.05) is 6.54 Å². The fourth-order valence-corrected chi connectivity index (χ4v) is 2.32. The summed E-state index contributed by atoms with van der Waals surface area (Å²) in [5, 5.41) is 10.9. The first-order valence-corrected chi connectivity index (χ1v) is 6.33. The molecule has 1 rings (SSSR count). The summed E-state index contributed by atoms with van der Waals surface area (Å²) in [6.07, 6.45) is 0.877. The van der Waals surface area contributed by atoms with Crippen LogP contribution in [0.5, 0.6) is 0 Å². The number of benzene rings is 1. The number of nitro groups is 1. The van der Waals surface area contributed by atoms with Crippen LogP contribution in [0.3, 0.4) is 0 Å². The summed E-state index contributed by atoms with van der Waals surface area (Å²) < 4.78 is 13.1. The third kappa shape index (κ3) is 4.70. The Morgan fingerprint density at radius 3 is 2.82 bits per heavy atom. The van der Waals surface area contributed by atoms with Gasteiger partial charge in [0.1, 0.15) is 5.82 Å². The molecule has 0 aliphatic heterocycles. The number of non-ortho nitro benzene ring substituents is 1. The van der Waals surface area contributed by atoms with Crippen molar-refractivity contribution >= 4 is 17.4 Å². The minimum Gasteiger partial charge on any atom is -0.330 e. The lowest BCUT2D eigenvalue weighted by Gasteiger charge is -2.09.